The van der Waals surface area contributed by atoms with Gasteiger partial charge in [0.15, 0.2) is 5.82 Å². The molecule has 0 spiro atoms. The van der Waals surface area contributed by atoms with Gasteiger partial charge in [-0.1, -0.05) is 6.07 Å². The van der Waals surface area contributed by atoms with E-state index in [4.69, 9.17) is 0 Å². The van der Waals surface area contributed by atoms with Gasteiger partial charge in [-0.2, -0.15) is 18.3 Å². The monoisotopic (exact) mass is 390 g/mol. The molecule has 0 aliphatic heterocycles. The van der Waals surface area contributed by atoms with E-state index in [0.29, 0.717) is 18.2 Å². The van der Waals surface area contributed by atoms with Crippen LogP contribution >= 0.6 is 0 Å². The Kier molecular flexibility index (Phi) is 5.57. The van der Waals surface area contributed by atoms with Crippen LogP contribution in [0.4, 0.5) is 19.0 Å². The van der Waals surface area contributed by atoms with Gasteiger partial charge in [0.05, 0.1) is 11.3 Å². The summed E-state index contributed by atoms with van der Waals surface area (Å²) >= 11 is 0. The summed E-state index contributed by atoms with van der Waals surface area (Å²) in [5.74, 6) is 0.487. The number of carbonyl (C=O) groups excluding carboxylic acids is 1. The van der Waals surface area contributed by atoms with Crippen molar-refractivity contribution >= 4 is 11.7 Å². The summed E-state index contributed by atoms with van der Waals surface area (Å²) in [5, 5.41) is 17.8. The Hall–Kier alpha value is -3.43. The topological polar surface area (TPSA) is 84.7 Å². The van der Waals surface area contributed by atoms with Crippen molar-refractivity contribution in [3.63, 3.8) is 0 Å². The van der Waals surface area contributed by atoms with Crippen LogP contribution in [0.3, 0.4) is 0 Å². The van der Waals surface area contributed by atoms with Crippen molar-refractivity contribution in [3.05, 3.63) is 65.5 Å². The van der Waals surface area contributed by atoms with E-state index in [1.165, 1.54) is 12.1 Å². The third-order valence-corrected chi connectivity index (χ3v) is 3.78. The predicted octanol–water partition coefficient (Wildman–Crippen LogP) is 2.83. The summed E-state index contributed by atoms with van der Waals surface area (Å²) < 4.78 is 39.7. The first-order valence-corrected chi connectivity index (χ1v) is 8.38. The van der Waals surface area contributed by atoms with Gasteiger partial charge in [0.2, 0.25) is 0 Å². The lowest BCUT2D eigenvalue weighted by atomic mass is 10.1. The number of amides is 1. The molecule has 146 valence electrons. The molecule has 1 amide bonds. The highest BCUT2D eigenvalue weighted by molar-refractivity contribution is 5.94. The smallest absolute Gasteiger partial charge is 0.367 e. The quantitative estimate of drug-likeness (QED) is 0.633. The highest BCUT2D eigenvalue weighted by Gasteiger charge is 2.30. The van der Waals surface area contributed by atoms with Gasteiger partial charge in [-0.3, -0.25) is 4.79 Å². The third-order valence-electron chi connectivity index (χ3n) is 3.78. The zero-order valence-corrected chi connectivity index (χ0v) is 14.9. The zero-order chi connectivity index (χ0) is 20.1. The number of aryl methyl sites for hydroxylation is 1. The fourth-order valence-corrected chi connectivity index (χ4v) is 2.39. The van der Waals surface area contributed by atoms with Gasteiger partial charge in [-0.25, -0.2) is 4.68 Å². The summed E-state index contributed by atoms with van der Waals surface area (Å²) in [6, 6.07) is 9.58. The predicted molar refractivity (Wildman–Crippen MR) is 96.2 cm³/mol. The molecule has 2 heterocycles. The molecule has 0 aliphatic rings. The number of benzene rings is 1. The molecule has 0 bridgehead atoms. The Bertz CT molecular complexity index is 952. The number of rotatable bonds is 6. The molecular formula is C18H17F3N6O. The van der Waals surface area contributed by atoms with Crippen molar-refractivity contribution in [2.75, 3.05) is 18.4 Å². The van der Waals surface area contributed by atoms with E-state index >= 15 is 0 Å². The van der Waals surface area contributed by atoms with Crippen LogP contribution < -0.4 is 10.6 Å². The summed E-state index contributed by atoms with van der Waals surface area (Å²) in [4.78, 5) is 12.0. The fraction of sp³-hybridized carbons (Fsp3) is 0.222. The van der Waals surface area contributed by atoms with E-state index in [1.807, 2.05) is 13.0 Å². The number of halogens is 3. The summed E-state index contributed by atoms with van der Waals surface area (Å²) in [5.41, 5.74) is -0.0463. The fourth-order valence-electron chi connectivity index (χ4n) is 2.39. The average Bonchev–Trinajstić information content (AvgIpc) is 3.11. The lowest BCUT2D eigenvalue weighted by molar-refractivity contribution is -0.137. The lowest BCUT2D eigenvalue weighted by Crippen LogP contribution is -2.29. The number of nitrogens with one attached hydrogen (secondary N) is 2. The number of anilines is 1. The van der Waals surface area contributed by atoms with Crippen molar-refractivity contribution < 1.29 is 18.0 Å². The number of hydrogen-bond donors (Lipinski definition) is 2. The van der Waals surface area contributed by atoms with Gasteiger partial charge in [-0.05, 0) is 43.3 Å². The first kappa shape index (κ1) is 19.3. The normalized spacial score (nSPS) is 11.3. The minimum absolute atomic E-state index is 0.0477. The SMILES string of the molecule is Cc1ccn(-c2ccc(NCCNC(=O)c3cccc(C(F)(F)F)c3)nn2)n1. The molecule has 2 N–H and O–H groups in total. The molecule has 10 heteroatoms. The van der Waals surface area contributed by atoms with Gasteiger partial charge in [0, 0.05) is 24.8 Å². The summed E-state index contributed by atoms with van der Waals surface area (Å²) in [6.45, 7) is 2.41. The Morgan fingerprint density at radius 2 is 1.93 bits per heavy atom. The van der Waals surface area contributed by atoms with Crippen molar-refractivity contribution in [3.8, 4) is 5.82 Å². The van der Waals surface area contributed by atoms with E-state index in [2.05, 4.69) is 25.9 Å². The van der Waals surface area contributed by atoms with E-state index in [-0.39, 0.29) is 12.1 Å². The largest absolute Gasteiger partial charge is 0.416 e. The minimum atomic E-state index is -4.49. The van der Waals surface area contributed by atoms with Crippen molar-refractivity contribution in [1.82, 2.24) is 25.3 Å². The van der Waals surface area contributed by atoms with E-state index < -0.39 is 17.6 Å². The van der Waals surface area contributed by atoms with E-state index in [0.717, 1.165) is 17.8 Å². The van der Waals surface area contributed by atoms with Crippen molar-refractivity contribution in [1.29, 1.82) is 0 Å². The van der Waals surface area contributed by atoms with Crippen LogP contribution in [0.1, 0.15) is 21.6 Å². The standard InChI is InChI=1S/C18H17F3N6O/c1-12-7-10-27(26-12)16-6-5-15(24-25-16)22-8-9-23-17(28)13-3-2-4-14(11-13)18(19,20)21/h2-7,10-11H,8-9H2,1H3,(H,22,24)(H,23,28). The van der Waals surface area contributed by atoms with Crippen molar-refractivity contribution in [2.24, 2.45) is 0 Å². The third kappa shape index (κ3) is 4.84. The Morgan fingerprint density at radius 1 is 1.11 bits per heavy atom. The van der Waals surface area contributed by atoms with Gasteiger partial charge in [0.25, 0.3) is 5.91 Å². The molecule has 3 aromatic rings. The molecule has 0 atom stereocenters. The molecule has 0 saturated carbocycles. The maximum Gasteiger partial charge on any atom is 0.416 e. The summed E-state index contributed by atoms with van der Waals surface area (Å²) in [6.07, 6.45) is -2.71. The molecule has 3 rings (SSSR count). The molecule has 0 radical (unpaired) electrons. The number of hydrogen-bond acceptors (Lipinski definition) is 5. The van der Waals surface area contributed by atoms with Crippen LogP contribution in [0.5, 0.6) is 0 Å². The molecule has 0 aliphatic carbocycles. The van der Waals surface area contributed by atoms with Crippen LogP contribution in [0.15, 0.2) is 48.7 Å². The van der Waals surface area contributed by atoms with Gasteiger partial charge in [-0.15, -0.1) is 10.2 Å². The first-order valence-electron chi connectivity index (χ1n) is 8.38. The van der Waals surface area contributed by atoms with Crippen LogP contribution in [0.25, 0.3) is 5.82 Å². The highest BCUT2D eigenvalue weighted by Crippen LogP contribution is 2.29. The highest BCUT2D eigenvalue weighted by atomic mass is 19.4. The molecule has 0 unspecified atom stereocenters. The maximum absolute atomic E-state index is 12.7. The minimum Gasteiger partial charge on any atom is -0.367 e. The second kappa shape index (κ2) is 8.07. The second-order valence-corrected chi connectivity index (χ2v) is 5.94. The second-order valence-electron chi connectivity index (χ2n) is 5.94. The summed E-state index contributed by atoms with van der Waals surface area (Å²) in [7, 11) is 0. The Labute approximate surface area is 158 Å². The number of aromatic nitrogens is 4. The molecule has 1 aromatic carbocycles. The van der Waals surface area contributed by atoms with Gasteiger partial charge < -0.3 is 10.6 Å². The van der Waals surface area contributed by atoms with Crippen LogP contribution in [0, 0.1) is 6.92 Å². The molecule has 7 nitrogen and oxygen atoms in total. The van der Waals surface area contributed by atoms with E-state index in [1.54, 1.807) is 23.0 Å². The molecule has 28 heavy (non-hydrogen) atoms. The molecule has 0 fully saturated rings. The number of carbonyl (C=O) groups is 1. The first-order chi connectivity index (χ1) is 13.3. The van der Waals surface area contributed by atoms with Crippen LogP contribution in [0.2, 0.25) is 0 Å². The molecule has 0 saturated heterocycles. The Balaban J connectivity index is 1.48. The zero-order valence-electron chi connectivity index (χ0n) is 14.9. The molecule has 2 aromatic heterocycles. The molecular weight excluding hydrogens is 373 g/mol. The number of nitrogens with zero attached hydrogens (tertiary/aromatic N) is 4. The van der Waals surface area contributed by atoms with Crippen molar-refractivity contribution in [2.45, 2.75) is 13.1 Å². The average molecular weight is 390 g/mol. The van der Waals surface area contributed by atoms with Gasteiger partial charge in [0.1, 0.15) is 5.82 Å². The van der Waals surface area contributed by atoms with Crippen LogP contribution in [-0.4, -0.2) is 39.0 Å². The van der Waals surface area contributed by atoms with Gasteiger partial charge >= 0.3 is 6.18 Å². The van der Waals surface area contributed by atoms with E-state index in [9.17, 15) is 18.0 Å². The lowest BCUT2D eigenvalue weighted by Gasteiger charge is -2.10. The number of alkyl halides is 3. The van der Waals surface area contributed by atoms with Crippen LogP contribution in [-0.2, 0) is 6.18 Å². The maximum atomic E-state index is 12.7. The Morgan fingerprint density at radius 3 is 2.57 bits per heavy atom.